The molecule has 7 heteroatoms. The summed E-state index contributed by atoms with van der Waals surface area (Å²) in [5.74, 6) is 0.668. The van der Waals surface area contributed by atoms with Crippen molar-refractivity contribution < 1.29 is 9.21 Å². The molecule has 0 aliphatic carbocycles. The van der Waals surface area contributed by atoms with E-state index < -0.39 is 0 Å². The van der Waals surface area contributed by atoms with Gasteiger partial charge in [0.25, 0.3) is 0 Å². The van der Waals surface area contributed by atoms with Crippen molar-refractivity contribution in [1.82, 2.24) is 15.0 Å². The molecule has 0 saturated heterocycles. The fourth-order valence-corrected chi connectivity index (χ4v) is 3.64. The highest BCUT2D eigenvalue weighted by atomic mass is 79.9. The fraction of sp³-hybridized carbons (Fsp3) is 0.0952. The molecule has 28 heavy (non-hydrogen) atoms. The number of carbonyl (C=O) groups is 1. The van der Waals surface area contributed by atoms with Crippen LogP contribution in [0.3, 0.4) is 0 Å². The molecule has 4 aromatic rings. The van der Waals surface area contributed by atoms with Gasteiger partial charge in [0.05, 0.1) is 23.0 Å². The molecule has 0 spiro atoms. The van der Waals surface area contributed by atoms with Gasteiger partial charge in [0, 0.05) is 10.9 Å². The smallest absolute Gasteiger partial charge is 0.310 e. The molecule has 5 rings (SSSR count). The van der Waals surface area contributed by atoms with E-state index in [0.717, 1.165) is 26.8 Å². The molecule has 0 unspecified atom stereocenters. The number of imidazole rings is 1. The van der Waals surface area contributed by atoms with Gasteiger partial charge in [0.15, 0.2) is 5.76 Å². The summed E-state index contributed by atoms with van der Waals surface area (Å²) in [4.78, 5) is 21.0. The van der Waals surface area contributed by atoms with Gasteiger partial charge < -0.3 is 9.40 Å². The van der Waals surface area contributed by atoms with Crippen LogP contribution in [0, 0.1) is 0 Å². The molecule has 2 aromatic heterocycles. The first kappa shape index (κ1) is 16.9. The monoisotopic (exact) mass is 434 g/mol. The number of nitrogens with one attached hydrogen (secondary N) is 1. The Morgan fingerprint density at radius 3 is 2.68 bits per heavy atom. The van der Waals surface area contributed by atoms with E-state index in [-0.39, 0.29) is 17.7 Å². The number of benzene rings is 2. The van der Waals surface area contributed by atoms with Gasteiger partial charge in [-0.25, -0.2) is 9.99 Å². The van der Waals surface area contributed by atoms with Crippen LogP contribution in [0.15, 0.2) is 80.9 Å². The van der Waals surface area contributed by atoms with Crippen molar-refractivity contribution in [2.75, 3.05) is 0 Å². The summed E-state index contributed by atoms with van der Waals surface area (Å²) >= 11 is 3.45. The first-order valence-electron chi connectivity index (χ1n) is 8.84. The predicted octanol–water partition coefficient (Wildman–Crippen LogP) is 4.91. The number of carbonyl (C=O) groups excluding carboxylic acids is 1. The number of hydrazone groups is 1. The summed E-state index contributed by atoms with van der Waals surface area (Å²) in [6, 6.07) is 18.7. The number of halogens is 1. The predicted molar refractivity (Wildman–Crippen MR) is 109 cm³/mol. The number of hydrogen-bond donors (Lipinski definition) is 1. The number of aromatic amines is 1. The summed E-state index contributed by atoms with van der Waals surface area (Å²) < 4.78 is 6.30. The fourth-order valence-electron chi connectivity index (χ4n) is 3.37. The Balaban J connectivity index is 1.56. The molecule has 1 N–H and O–H groups in total. The summed E-state index contributed by atoms with van der Waals surface area (Å²) in [6.45, 7) is 0. The van der Waals surface area contributed by atoms with Crippen molar-refractivity contribution in [2.45, 2.75) is 12.5 Å². The van der Waals surface area contributed by atoms with Gasteiger partial charge in [-0.2, -0.15) is 5.10 Å². The number of hydrogen-bond acceptors (Lipinski definition) is 4. The second-order valence-electron chi connectivity index (χ2n) is 6.54. The van der Waals surface area contributed by atoms with Crippen LogP contribution < -0.4 is 0 Å². The molecule has 138 valence electrons. The molecule has 0 bridgehead atoms. The first-order chi connectivity index (χ1) is 13.7. The maximum atomic E-state index is 13.0. The highest BCUT2D eigenvalue weighted by Crippen LogP contribution is 2.33. The lowest BCUT2D eigenvalue weighted by Gasteiger charge is -2.18. The Bertz CT molecular complexity index is 1150. The second kappa shape index (κ2) is 6.76. The maximum absolute atomic E-state index is 13.0. The molecule has 1 amide bonds. The minimum atomic E-state index is -0.330. The van der Waals surface area contributed by atoms with Crippen molar-refractivity contribution in [2.24, 2.45) is 5.10 Å². The van der Waals surface area contributed by atoms with Crippen LogP contribution in [0.25, 0.3) is 11.0 Å². The molecule has 0 radical (unpaired) electrons. The molecule has 0 fully saturated rings. The number of H-pyrrole nitrogens is 1. The number of amides is 1. The van der Waals surface area contributed by atoms with E-state index in [9.17, 15) is 4.79 Å². The van der Waals surface area contributed by atoms with Gasteiger partial charge in [0.1, 0.15) is 11.9 Å². The van der Waals surface area contributed by atoms with Gasteiger partial charge in [-0.05, 0) is 42.0 Å². The zero-order valence-electron chi connectivity index (χ0n) is 14.7. The average molecular weight is 435 g/mol. The second-order valence-corrected chi connectivity index (χ2v) is 7.46. The lowest BCUT2D eigenvalue weighted by molar-refractivity contribution is 0.0672. The van der Waals surface area contributed by atoms with E-state index in [0.29, 0.717) is 12.2 Å². The van der Waals surface area contributed by atoms with Crippen molar-refractivity contribution in [1.29, 1.82) is 0 Å². The quantitative estimate of drug-likeness (QED) is 0.497. The third-order valence-electron chi connectivity index (χ3n) is 4.75. The topological polar surface area (TPSA) is 74.5 Å². The first-order valence-corrected chi connectivity index (χ1v) is 9.63. The Hall–Kier alpha value is -3.19. The third kappa shape index (κ3) is 2.93. The number of rotatable bonds is 3. The zero-order valence-corrected chi connectivity index (χ0v) is 16.3. The Labute approximate surface area is 169 Å². The van der Waals surface area contributed by atoms with Gasteiger partial charge in [-0.3, -0.25) is 4.79 Å². The zero-order chi connectivity index (χ0) is 19.1. The summed E-state index contributed by atoms with van der Waals surface area (Å²) in [5.41, 5.74) is 3.59. The molecule has 1 atom stereocenters. The number of furan rings is 1. The minimum Gasteiger partial charge on any atom is -0.459 e. The molecule has 1 aliphatic heterocycles. The SMILES string of the molecule is O=C(c1ccco1)N1N=C(c2ccc(Br)cc2)C[C@@H]1c1nc2ccccc2[nH]1. The number of para-hydroxylation sites is 2. The summed E-state index contributed by atoms with van der Waals surface area (Å²) in [5, 5.41) is 6.10. The van der Waals surface area contributed by atoms with E-state index in [4.69, 9.17) is 9.40 Å². The lowest BCUT2D eigenvalue weighted by atomic mass is 10.0. The van der Waals surface area contributed by atoms with Crippen LogP contribution in [-0.4, -0.2) is 26.6 Å². The Morgan fingerprint density at radius 1 is 1.11 bits per heavy atom. The van der Waals surface area contributed by atoms with Crippen LogP contribution in [0.2, 0.25) is 0 Å². The summed E-state index contributed by atoms with van der Waals surface area (Å²) in [6.07, 6.45) is 2.05. The van der Waals surface area contributed by atoms with Gasteiger partial charge in [0.2, 0.25) is 0 Å². The standard InChI is InChI=1S/C21H15BrN4O2/c22-14-9-7-13(8-10-14)17-12-18(20-23-15-4-1-2-5-16(15)24-20)26(25-17)21(27)19-6-3-11-28-19/h1-11,18H,12H2,(H,23,24)/t18-/m1/s1. The third-order valence-corrected chi connectivity index (χ3v) is 5.28. The molecular weight excluding hydrogens is 420 g/mol. The van der Waals surface area contributed by atoms with Crippen LogP contribution in [-0.2, 0) is 0 Å². The normalized spacial score (nSPS) is 16.5. The highest BCUT2D eigenvalue weighted by Gasteiger charge is 2.36. The van der Waals surface area contributed by atoms with E-state index in [2.05, 4.69) is 26.0 Å². The van der Waals surface area contributed by atoms with E-state index in [1.54, 1.807) is 12.1 Å². The van der Waals surface area contributed by atoms with E-state index >= 15 is 0 Å². The van der Waals surface area contributed by atoms with E-state index in [1.807, 2.05) is 48.5 Å². The van der Waals surface area contributed by atoms with Crippen molar-refractivity contribution in [3.05, 3.63) is 88.5 Å². The molecule has 2 aromatic carbocycles. The largest absolute Gasteiger partial charge is 0.459 e. The van der Waals surface area contributed by atoms with Crippen molar-refractivity contribution in [3.63, 3.8) is 0 Å². The van der Waals surface area contributed by atoms with Crippen molar-refractivity contribution >= 4 is 38.6 Å². The van der Waals surface area contributed by atoms with E-state index in [1.165, 1.54) is 11.3 Å². The van der Waals surface area contributed by atoms with Gasteiger partial charge >= 0.3 is 5.91 Å². The molecular formula is C21H15BrN4O2. The Kier molecular flexibility index (Phi) is 4.09. The van der Waals surface area contributed by atoms with Crippen LogP contribution in [0.1, 0.15) is 34.4 Å². The lowest BCUT2D eigenvalue weighted by Crippen LogP contribution is -2.27. The van der Waals surface area contributed by atoms with Crippen molar-refractivity contribution in [3.8, 4) is 0 Å². The average Bonchev–Trinajstić information content (AvgIpc) is 3.46. The number of aromatic nitrogens is 2. The maximum Gasteiger partial charge on any atom is 0.310 e. The Morgan fingerprint density at radius 2 is 1.93 bits per heavy atom. The number of fused-ring (bicyclic) bond motifs is 1. The van der Waals surface area contributed by atoms with Crippen LogP contribution in [0.5, 0.6) is 0 Å². The molecule has 1 aliphatic rings. The van der Waals surface area contributed by atoms with Crippen LogP contribution in [0.4, 0.5) is 0 Å². The molecule has 6 nitrogen and oxygen atoms in total. The van der Waals surface area contributed by atoms with Crippen LogP contribution >= 0.6 is 15.9 Å². The highest BCUT2D eigenvalue weighted by molar-refractivity contribution is 9.10. The van der Waals surface area contributed by atoms with Gasteiger partial charge in [-0.15, -0.1) is 0 Å². The molecule has 3 heterocycles. The minimum absolute atomic E-state index is 0.252. The summed E-state index contributed by atoms with van der Waals surface area (Å²) in [7, 11) is 0. The number of nitrogens with zero attached hydrogens (tertiary/aromatic N) is 3. The van der Waals surface area contributed by atoms with Gasteiger partial charge in [-0.1, -0.05) is 40.2 Å². The molecule has 0 saturated carbocycles.